The van der Waals surface area contributed by atoms with E-state index >= 15 is 0 Å². The summed E-state index contributed by atoms with van der Waals surface area (Å²) < 4.78 is 11.3. The summed E-state index contributed by atoms with van der Waals surface area (Å²) in [4.78, 5) is 21.7. The van der Waals surface area contributed by atoms with Gasteiger partial charge in [-0.1, -0.05) is 19.1 Å². The number of benzene rings is 1. The standard InChI is InChI=1S/C17H21N3O3/c1-3-15-18-10-13(19-15)17(21)20(4-2)11-12-6-5-7-14-16(12)23-9-8-22-14/h5-7,10H,3-4,8-9,11H2,1-2H3,(H,18,19). The van der Waals surface area contributed by atoms with Gasteiger partial charge < -0.3 is 19.4 Å². The predicted octanol–water partition coefficient (Wildman–Crippen LogP) is 2.41. The van der Waals surface area contributed by atoms with Crippen molar-refractivity contribution in [2.75, 3.05) is 19.8 Å². The molecule has 3 rings (SSSR count). The summed E-state index contributed by atoms with van der Waals surface area (Å²) in [5, 5.41) is 0. The van der Waals surface area contributed by atoms with Crippen molar-refractivity contribution < 1.29 is 14.3 Å². The van der Waals surface area contributed by atoms with Crippen molar-refractivity contribution in [2.45, 2.75) is 26.8 Å². The number of aromatic nitrogens is 2. The molecule has 122 valence electrons. The summed E-state index contributed by atoms with van der Waals surface area (Å²) in [5.41, 5.74) is 1.47. The van der Waals surface area contributed by atoms with Crippen LogP contribution >= 0.6 is 0 Å². The lowest BCUT2D eigenvalue weighted by atomic mass is 10.1. The van der Waals surface area contributed by atoms with Crippen LogP contribution in [0.5, 0.6) is 11.5 Å². The van der Waals surface area contributed by atoms with Crippen LogP contribution in [0.15, 0.2) is 24.4 Å². The molecular weight excluding hydrogens is 294 g/mol. The zero-order chi connectivity index (χ0) is 16.2. The number of H-pyrrole nitrogens is 1. The fraction of sp³-hybridized carbons (Fsp3) is 0.412. The molecule has 0 radical (unpaired) electrons. The molecule has 0 aliphatic carbocycles. The number of amides is 1. The second kappa shape index (κ2) is 6.73. The zero-order valence-corrected chi connectivity index (χ0v) is 13.5. The van der Waals surface area contributed by atoms with Crippen LogP contribution in [-0.4, -0.2) is 40.5 Å². The summed E-state index contributed by atoms with van der Waals surface area (Å²) in [6.07, 6.45) is 2.38. The van der Waals surface area contributed by atoms with Gasteiger partial charge in [0.2, 0.25) is 0 Å². The van der Waals surface area contributed by atoms with E-state index in [1.54, 1.807) is 11.1 Å². The zero-order valence-electron chi connectivity index (χ0n) is 13.5. The molecule has 1 aliphatic heterocycles. The monoisotopic (exact) mass is 315 g/mol. The Morgan fingerprint density at radius 1 is 1.30 bits per heavy atom. The molecule has 0 unspecified atom stereocenters. The molecule has 0 atom stereocenters. The van der Waals surface area contributed by atoms with E-state index in [1.165, 1.54) is 0 Å². The van der Waals surface area contributed by atoms with Crippen molar-refractivity contribution in [3.05, 3.63) is 41.5 Å². The summed E-state index contributed by atoms with van der Waals surface area (Å²) in [6.45, 7) is 6.12. The van der Waals surface area contributed by atoms with Crippen molar-refractivity contribution in [3.63, 3.8) is 0 Å². The first-order chi connectivity index (χ1) is 11.2. The van der Waals surface area contributed by atoms with Gasteiger partial charge in [0, 0.05) is 25.1 Å². The molecule has 6 heteroatoms. The number of carbonyl (C=O) groups is 1. The number of para-hydroxylation sites is 1. The van der Waals surface area contributed by atoms with Crippen LogP contribution in [0.1, 0.15) is 35.7 Å². The number of ether oxygens (including phenoxy) is 2. The number of hydrogen-bond donors (Lipinski definition) is 1. The predicted molar refractivity (Wildman–Crippen MR) is 85.8 cm³/mol. The number of imidazole rings is 1. The van der Waals surface area contributed by atoms with Gasteiger partial charge in [-0.2, -0.15) is 0 Å². The van der Waals surface area contributed by atoms with E-state index in [4.69, 9.17) is 9.47 Å². The first-order valence-electron chi connectivity index (χ1n) is 7.93. The maximum Gasteiger partial charge on any atom is 0.272 e. The van der Waals surface area contributed by atoms with Gasteiger partial charge in [0.05, 0.1) is 6.20 Å². The first kappa shape index (κ1) is 15.4. The van der Waals surface area contributed by atoms with E-state index in [-0.39, 0.29) is 5.91 Å². The molecule has 2 heterocycles. The Labute approximate surface area is 135 Å². The molecule has 23 heavy (non-hydrogen) atoms. The Morgan fingerprint density at radius 3 is 2.87 bits per heavy atom. The molecule has 1 aromatic carbocycles. The second-order valence-electron chi connectivity index (χ2n) is 5.36. The normalized spacial score (nSPS) is 13.0. The number of nitrogens with zero attached hydrogens (tertiary/aromatic N) is 2. The Kier molecular flexibility index (Phi) is 4.50. The highest BCUT2D eigenvalue weighted by molar-refractivity contribution is 5.92. The van der Waals surface area contributed by atoms with Gasteiger partial charge in [0.15, 0.2) is 11.5 Å². The van der Waals surface area contributed by atoms with Gasteiger partial charge in [0.25, 0.3) is 5.91 Å². The summed E-state index contributed by atoms with van der Waals surface area (Å²) in [6, 6.07) is 5.78. The molecule has 0 fully saturated rings. The Morgan fingerprint density at radius 2 is 2.13 bits per heavy atom. The second-order valence-corrected chi connectivity index (χ2v) is 5.36. The smallest absolute Gasteiger partial charge is 0.272 e. The summed E-state index contributed by atoms with van der Waals surface area (Å²) >= 11 is 0. The van der Waals surface area contributed by atoms with Gasteiger partial charge in [-0.15, -0.1) is 0 Å². The number of fused-ring (bicyclic) bond motifs is 1. The highest BCUT2D eigenvalue weighted by Crippen LogP contribution is 2.34. The third-order valence-electron chi connectivity index (χ3n) is 3.87. The van der Waals surface area contributed by atoms with Crippen LogP contribution in [0.25, 0.3) is 0 Å². The van der Waals surface area contributed by atoms with Crippen LogP contribution < -0.4 is 9.47 Å². The maximum atomic E-state index is 12.7. The molecule has 1 aliphatic rings. The third kappa shape index (κ3) is 3.16. The molecule has 0 saturated carbocycles. The maximum absolute atomic E-state index is 12.7. The van der Waals surface area contributed by atoms with Gasteiger partial charge in [0.1, 0.15) is 24.7 Å². The molecule has 2 aromatic rings. The van der Waals surface area contributed by atoms with E-state index in [1.807, 2.05) is 32.0 Å². The summed E-state index contributed by atoms with van der Waals surface area (Å²) in [7, 11) is 0. The number of aryl methyl sites for hydroxylation is 1. The van der Waals surface area contributed by atoms with Crippen molar-refractivity contribution in [3.8, 4) is 11.5 Å². The molecule has 0 bridgehead atoms. The first-order valence-corrected chi connectivity index (χ1v) is 7.93. The van der Waals surface area contributed by atoms with Gasteiger partial charge in [-0.05, 0) is 13.0 Å². The topological polar surface area (TPSA) is 67.5 Å². The van der Waals surface area contributed by atoms with Gasteiger partial charge in [-0.3, -0.25) is 4.79 Å². The van der Waals surface area contributed by atoms with Crippen molar-refractivity contribution >= 4 is 5.91 Å². The molecule has 1 N–H and O–H groups in total. The third-order valence-corrected chi connectivity index (χ3v) is 3.87. The molecule has 0 saturated heterocycles. The van der Waals surface area contributed by atoms with E-state index < -0.39 is 0 Å². The lowest BCUT2D eigenvalue weighted by Gasteiger charge is -2.25. The van der Waals surface area contributed by atoms with Crippen LogP contribution in [0.4, 0.5) is 0 Å². The van der Waals surface area contributed by atoms with E-state index in [2.05, 4.69) is 9.97 Å². The number of rotatable bonds is 5. The van der Waals surface area contributed by atoms with E-state index in [9.17, 15) is 4.79 Å². The van der Waals surface area contributed by atoms with Crippen molar-refractivity contribution in [1.82, 2.24) is 14.9 Å². The minimum atomic E-state index is -0.0611. The lowest BCUT2D eigenvalue weighted by Crippen LogP contribution is -2.31. The molecule has 1 aromatic heterocycles. The average molecular weight is 315 g/mol. The lowest BCUT2D eigenvalue weighted by molar-refractivity contribution is 0.0743. The van der Waals surface area contributed by atoms with Crippen molar-refractivity contribution in [2.24, 2.45) is 0 Å². The number of carbonyl (C=O) groups excluding carboxylic acids is 1. The Bertz CT molecular complexity index is 696. The SMILES string of the molecule is CCc1ncc(C(=O)N(CC)Cc2cccc3c2OCCO3)[nH]1. The van der Waals surface area contributed by atoms with Gasteiger partial charge >= 0.3 is 0 Å². The molecular formula is C17H21N3O3. The van der Waals surface area contributed by atoms with Crippen LogP contribution in [0.3, 0.4) is 0 Å². The highest BCUT2D eigenvalue weighted by atomic mass is 16.6. The number of aromatic amines is 1. The largest absolute Gasteiger partial charge is 0.486 e. The fourth-order valence-electron chi connectivity index (χ4n) is 2.61. The van der Waals surface area contributed by atoms with Crippen LogP contribution in [-0.2, 0) is 13.0 Å². The van der Waals surface area contributed by atoms with E-state index in [0.717, 1.165) is 29.3 Å². The quantitative estimate of drug-likeness (QED) is 0.920. The van der Waals surface area contributed by atoms with Gasteiger partial charge in [-0.25, -0.2) is 4.98 Å². The molecule has 6 nitrogen and oxygen atoms in total. The average Bonchev–Trinajstić information content (AvgIpc) is 3.08. The molecule has 0 spiro atoms. The minimum Gasteiger partial charge on any atom is -0.486 e. The van der Waals surface area contributed by atoms with Crippen LogP contribution in [0.2, 0.25) is 0 Å². The fourth-order valence-corrected chi connectivity index (χ4v) is 2.61. The Hall–Kier alpha value is -2.50. The summed E-state index contributed by atoms with van der Waals surface area (Å²) in [5.74, 6) is 2.24. The molecule has 1 amide bonds. The Balaban J connectivity index is 1.81. The van der Waals surface area contributed by atoms with Crippen molar-refractivity contribution in [1.29, 1.82) is 0 Å². The van der Waals surface area contributed by atoms with Crippen LogP contribution in [0, 0.1) is 0 Å². The highest BCUT2D eigenvalue weighted by Gasteiger charge is 2.21. The number of hydrogen-bond acceptors (Lipinski definition) is 4. The minimum absolute atomic E-state index is 0.0611. The van der Waals surface area contributed by atoms with E-state index in [0.29, 0.717) is 32.0 Å². The number of nitrogens with one attached hydrogen (secondary N) is 1.